The van der Waals surface area contributed by atoms with Gasteiger partial charge in [-0.15, -0.1) is 0 Å². The predicted molar refractivity (Wildman–Crippen MR) is 96.6 cm³/mol. The van der Waals surface area contributed by atoms with E-state index in [1.54, 1.807) is 12.3 Å². The maximum Gasteiger partial charge on any atom is 0.222 e. The van der Waals surface area contributed by atoms with Crippen molar-refractivity contribution >= 4 is 17.1 Å². The Morgan fingerprint density at radius 1 is 1.28 bits per heavy atom. The molecular formula is C18H20N6O. The summed E-state index contributed by atoms with van der Waals surface area (Å²) in [6.07, 6.45) is 3.46. The Morgan fingerprint density at radius 3 is 2.84 bits per heavy atom. The first kappa shape index (κ1) is 15.7. The fourth-order valence-corrected chi connectivity index (χ4v) is 3.41. The van der Waals surface area contributed by atoms with Gasteiger partial charge in [-0.25, -0.2) is 9.97 Å². The van der Waals surface area contributed by atoms with E-state index in [4.69, 9.17) is 10.7 Å². The average Bonchev–Trinajstić information content (AvgIpc) is 3.26. The zero-order valence-electron chi connectivity index (χ0n) is 13.8. The summed E-state index contributed by atoms with van der Waals surface area (Å²) in [4.78, 5) is 15.2. The molecule has 2 atom stereocenters. The third-order valence-corrected chi connectivity index (χ3v) is 4.63. The lowest BCUT2D eigenvalue weighted by atomic mass is 10.2. The van der Waals surface area contributed by atoms with Gasteiger partial charge < -0.3 is 15.4 Å². The largest absolute Gasteiger partial charge is 0.375 e. The second-order valence-corrected chi connectivity index (χ2v) is 6.20. The summed E-state index contributed by atoms with van der Waals surface area (Å²) in [5, 5.41) is 10.1. The Hall–Kier alpha value is -2.77. The number of aliphatic hydroxyl groups is 1. The van der Waals surface area contributed by atoms with Crippen LogP contribution in [0.3, 0.4) is 0 Å². The smallest absolute Gasteiger partial charge is 0.222 e. The summed E-state index contributed by atoms with van der Waals surface area (Å²) < 4.78 is 2.12. The molecule has 1 saturated heterocycles. The lowest BCUT2D eigenvalue weighted by Gasteiger charge is -2.21. The standard InChI is InChI=1S/C18H20N6O/c1-2-15(25)23-9-8-13(11-23)24-16(12-6-4-3-5-7-12)21-14-10-20-18(19)22-17(14)24/h2-7,10,13,15,25H,1,8-9,11H2,(H2,19,20,22). The van der Waals surface area contributed by atoms with Gasteiger partial charge >= 0.3 is 0 Å². The lowest BCUT2D eigenvalue weighted by molar-refractivity contribution is 0.0590. The van der Waals surface area contributed by atoms with E-state index in [1.165, 1.54) is 0 Å². The van der Waals surface area contributed by atoms with Crippen LogP contribution in [-0.4, -0.2) is 48.8 Å². The Bertz CT molecular complexity index is 907. The number of imidazole rings is 1. The third-order valence-electron chi connectivity index (χ3n) is 4.63. The van der Waals surface area contributed by atoms with Crippen LogP contribution in [0.2, 0.25) is 0 Å². The minimum Gasteiger partial charge on any atom is -0.375 e. The second kappa shape index (κ2) is 6.27. The SMILES string of the molecule is C=CC(O)N1CCC(n2c(-c3ccccc3)nc3cnc(N)nc32)C1. The zero-order valence-corrected chi connectivity index (χ0v) is 13.8. The van der Waals surface area contributed by atoms with Crippen LogP contribution < -0.4 is 5.73 Å². The first-order chi connectivity index (χ1) is 12.2. The molecule has 1 aliphatic heterocycles. The first-order valence-electron chi connectivity index (χ1n) is 8.28. The molecule has 4 rings (SSSR count). The molecule has 0 amide bonds. The van der Waals surface area contributed by atoms with Gasteiger partial charge in [0.1, 0.15) is 17.6 Å². The van der Waals surface area contributed by atoms with Crippen molar-refractivity contribution in [2.75, 3.05) is 18.8 Å². The van der Waals surface area contributed by atoms with E-state index < -0.39 is 6.23 Å². The van der Waals surface area contributed by atoms with Crippen LogP contribution in [0.1, 0.15) is 12.5 Å². The quantitative estimate of drug-likeness (QED) is 0.706. The van der Waals surface area contributed by atoms with Crippen LogP contribution in [-0.2, 0) is 0 Å². The van der Waals surface area contributed by atoms with Gasteiger partial charge in [-0.05, 0) is 12.5 Å². The van der Waals surface area contributed by atoms with E-state index in [-0.39, 0.29) is 12.0 Å². The maximum absolute atomic E-state index is 10.1. The number of nitrogen functional groups attached to an aromatic ring is 1. The Morgan fingerprint density at radius 2 is 2.08 bits per heavy atom. The fraction of sp³-hybridized carbons (Fsp3) is 0.278. The molecule has 3 N–H and O–H groups in total. The van der Waals surface area contributed by atoms with Gasteiger partial charge in [0, 0.05) is 18.7 Å². The molecule has 25 heavy (non-hydrogen) atoms. The number of likely N-dealkylation sites (tertiary alicyclic amines) is 1. The van der Waals surface area contributed by atoms with Gasteiger partial charge in [0.2, 0.25) is 5.95 Å². The number of benzene rings is 1. The number of hydrogen-bond donors (Lipinski definition) is 2. The van der Waals surface area contributed by atoms with Crippen molar-refractivity contribution < 1.29 is 5.11 Å². The second-order valence-electron chi connectivity index (χ2n) is 6.20. The molecule has 1 fully saturated rings. The molecule has 3 heterocycles. The molecule has 0 aliphatic carbocycles. The first-order valence-corrected chi connectivity index (χ1v) is 8.28. The minimum absolute atomic E-state index is 0.143. The summed E-state index contributed by atoms with van der Waals surface area (Å²) in [6, 6.07) is 10.2. The summed E-state index contributed by atoms with van der Waals surface area (Å²) in [7, 11) is 0. The maximum atomic E-state index is 10.1. The number of anilines is 1. The Balaban J connectivity index is 1.84. The fourth-order valence-electron chi connectivity index (χ4n) is 3.41. The molecule has 3 aromatic rings. The highest BCUT2D eigenvalue weighted by Crippen LogP contribution is 2.32. The van der Waals surface area contributed by atoms with Gasteiger partial charge in [0.05, 0.1) is 12.2 Å². The molecule has 7 nitrogen and oxygen atoms in total. The molecule has 2 unspecified atom stereocenters. The van der Waals surface area contributed by atoms with Gasteiger partial charge in [-0.1, -0.05) is 36.9 Å². The zero-order chi connectivity index (χ0) is 17.4. The van der Waals surface area contributed by atoms with Crippen LogP contribution in [0.5, 0.6) is 0 Å². The van der Waals surface area contributed by atoms with Gasteiger partial charge in [-0.3, -0.25) is 4.90 Å². The molecule has 2 aromatic heterocycles. The van der Waals surface area contributed by atoms with Crippen molar-refractivity contribution in [3.8, 4) is 11.4 Å². The normalized spacial score (nSPS) is 19.3. The highest BCUT2D eigenvalue weighted by Gasteiger charge is 2.30. The summed E-state index contributed by atoms with van der Waals surface area (Å²) in [6.45, 7) is 5.15. The van der Waals surface area contributed by atoms with Crippen LogP contribution in [0, 0.1) is 0 Å². The highest BCUT2D eigenvalue weighted by atomic mass is 16.3. The Kier molecular flexibility index (Phi) is 3.95. The van der Waals surface area contributed by atoms with Crippen molar-refractivity contribution in [1.82, 2.24) is 24.4 Å². The number of fused-ring (bicyclic) bond motifs is 1. The number of aliphatic hydroxyl groups excluding tert-OH is 1. The number of nitrogens with zero attached hydrogens (tertiary/aromatic N) is 5. The number of nitrogens with two attached hydrogens (primary N) is 1. The van der Waals surface area contributed by atoms with Crippen LogP contribution >= 0.6 is 0 Å². The van der Waals surface area contributed by atoms with E-state index in [0.29, 0.717) is 6.54 Å². The van der Waals surface area contributed by atoms with Crippen molar-refractivity contribution in [3.63, 3.8) is 0 Å². The van der Waals surface area contributed by atoms with Crippen LogP contribution in [0.4, 0.5) is 5.95 Å². The predicted octanol–water partition coefficient (Wildman–Crippen LogP) is 1.83. The summed E-state index contributed by atoms with van der Waals surface area (Å²) in [5.41, 5.74) is 8.27. The van der Waals surface area contributed by atoms with Crippen molar-refractivity contribution in [1.29, 1.82) is 0 Å². The Labute approximate surface area is 145 Å². The number of hydrogen-bond acceptors (Lipinski definition) is 6. The van der Waals surface area contributed by atoms with E-state index in [0.717, 1.165) is 35.5 Å². The van der Waals surface area contributed by atoms with Gasteiger partial charge in [0.25, 0.3) is 0 Å². The molecule has 1 aliphatic rings. The molecule has 1 aromatic carbocycles. The molecule has 0 bridgehead atoms. The third kappa shape index (κ3) is 2.77. The molecule has 0 saturated carbocycles. The summed E-state index contributed by atoms with van der Waals surface area (Å²) >= 11 is 0. The van der Waals surface area contributed by atoms with Crippen molar-refractivity contribution in [2.45, 2.75) is 18.7 Å². The molecule has 0 radical (unpaired) electrons. The molecule has 7 heteroatoms. The molecule has 128 valence electrons. The highest BCUT2D eigenvalue weighted by molar-refractivity contribution is 5.77. The molecular weight excluding hydrogens is 316 g/mol. The number of rotatable bonds is 4. The van der Waals surface area contributed by atoms with E-state index in [1.807, 2.05) is 35.2 Å². The minimum atomic E-state index is -0.639. The van der Waals surface area contributed by atoms with Gasteiger partial charge in [0.15, 0.2) is 5.65 Å². The number of aromatic nitrogens is 4. The monoisotopic (exact) mass is 336 g/mol. The van der Waals surface area contributed by atoms with E-state index >= 15 is 0 Å². The van der Waals surface area contributed by atoms with Crippen LogP contribution in [0.25, 0.3) is 22.6 Å². The molecule has 0 spiro atoms. The van der Waals surface area contributed by atoms with E-state index in [2.05, 4.69) is 21.1 Å². The van der Waals surface area contributed by atoms with Gasteiger partial charge in [-0.2, -0.15) is 4.98 Å². The van der Waals surface area contributed by atoms with Crippen molar-refractivity contribution in [2.24, 2.45) is 0 Å². The van der Waals surface area contributed by atoms with Crippen LogP contribution in [0.15, 0.2) is 49.2 Å². The topological polar surface area (TPSA) is 93.1 Å². The average molecular weight is 336 g/mol. The summed E-state index contributed by atoms with van der Waals surface area (Å²) in [5.74, 6) is 1.07. The van der Waals surface area contributed by atoms with E-state index in [9.17, 15) is 5.11 Å². The lowest BCUT2D eigenvalue weighted by Crippen LogP contribution is -2.31. The van der Waals surface area contributed by atoms with Crippen molar-refractivity contribution in [3.05, 3.63) is 49.2 Å².